The molecule has 1 aromatic carbocycles. The Kier molecular flexibility index (Phi) is 3.47. The molecule has 3 nitrogen and oxygen atoms in total. The molecule has 0 aliphatic heterocycles. The van der Waals surface area contributed by atoms with Crippen LogP contribution in [0.25, 0.3) is 0 Å². The highest BCUT2D eigenvalue weighted by Gasteiger charge is 2.19. The molecule has 0 aliphatic rings. The Morgan fingerprint density at radius 3 is 2.47 bits per heavy atom. The van der Waals surface area contributed by atoms with Gasteiger partial charge in [-0.15, -0.1) is 6.42 Å². The zero-order chi connectivity index (χ0) is 13.2. The van der Waals surface area contributed by atoms with Gasteiger partial charge in [0, 0.05) is 11.3 Å². The summed E-state index contributed by atoms with van der Waals surface area (Å²) in [6, 6.07) is 3.21. The molecule has 0 atom stereocenters. The molecule has 0 aromatic heterocycles. The number of carbonyl (C=O) groups excluding carboxylic acids is 1. The van der Waals surface area contributed by atoms with Crippen LogP contribution < -0.4 is 5.73 Å². The van der Waals surface area contributed by atoms with E-state index in [2.05, 4.69) is 5.92 Å². The van der Waals surface area contributed by atoms with Gasteiger partial charge in [0.25, 0.3) is 0 Å². The van der Waals surface area contributed by atoms with Crippen molar-refractivity contribution in [2.45, 2.75) is 33.3 Å². The lowest BCUT2D eigenvalue weighted by Crippen LogP contribution is -2.24. The molecular weight excluding hydrogens is 214 g/mol. The third-order valence-electron chi connectivity index (χ3n) is 2.24. The van der Waals surface area contributed by atoms with E-state index in [-0.39, 0.29) is 0 Å². The summed E-state index contributed by atoms with van der Waals surface area (Å²) in [7, 11) is 0. The van der Waals surface area contributed by atoms with Crippen molar-refractivity contribution < 1.29 is 9.53 Å². The number of hydrogen-bond donors (Lipinski definition) is 1. The molecule has 1 aromatic rings. The highest BCUT2D eigenvalue weighted by molar-refractivity contribution is 5.91. The number of nitrogen functional groups attached to an aromatic ring is 1. The number of nitrogens with two attached hydrogens (primary N) is 1. The first-order valence-electron chi connectivity index (χ1n) is 5.34. The van der Waals surface area contributed by atoms with Gasteiger partial charge < -0.3 is 10.5 Å². The molecule has 0 radical (unpaired) electrons. The van der Waals surface area contributed by atoms with Crippen LogP contribution in [0, 0.1) is 19.3 Å². The van der Waals surface area contributed by atoms with Crippen LogP contribution in [-0.2, 0) is 4.74 Å². The molecule has 0 fully saturated rings. The van der Waals surface area contributed by atoms with E-state index in [1.807, 2.05) is 27.7 Å². The molecule has 3 heteroatoms. The molecular formula is C14H17NO2. The predicted molar refractivity (Wildman–Crippen MR) is 68.7 cm³/mol. The minimum atomic E-state index is -0.535. The zero-order valence-electron chi connectivity index (χ0n) is 10.6. The third kappa shape index (κ3) is 3.25. The molecule has 17 heavy (non-hydrogen) atoms. The van der Waals surface area contributed by atoms with E-state index in [0.717, 1.165) is 5.56 Å². The van der Waals surface area contributed by atoms with Crippen LogP contribution in [0.4, 0.5) is 5.69 Å². The second kappa shape index (κ2) is 4.50. The zero-order valence-corrected chi connectivity index (χ0v) is 10.6. The standard InChI is InChI=1S/C14H17NO2/c1-6-10-7-11(8-12(15)9(10)2)13(16)17-14(3,4)5/h1,7-8H,15H2,2-5H3. The van der Waals surface area contributed by atoms with Crippen molar-refractivity contribution in [3.63, 3.8) is 0 Å². The molecule has 2 N–H and O–H groups in total. The summed E-state index contributed by atoms with van der Waals surface area (Å²) < 4.78 is 5.26. The van der Waals surface area contributed by atoms with Crippen LogP contribution in [0.5, 0.6) is 0 Å². The lowest BCUT2D eigenvalue weighted by Gasteiger charge is -2.20. The highest BCUT2D eigenvalue weighted by atomic mass is 16.6. The number of anilines is 1. The quantitative estimate of drug-likeness (QED) is 0.459. The lowest BCUT2D eigenvalue weighted by atomic mass is 10.0. The van der Waals surface area contributed by atoms with Gasteiger partial charge in [-0.2, -0.15) is 0 Å². The maximum Gasteiger partial charge on any atom is 0.338 e. The summed E-state index contributed by atoms with van der Waals surface area (Å²) >= 11 is 0. The maximum atomic E-state index is 11.8. The van der Waals surface area contributed by atoms with Gasteiger partial charge >= 0.3 is 5.97 Å². The van der Waals surface area contributed by atoms with Crippen molar-refractivity contribution in [3.05, 3.63) is 28.8 Å². The van der Waals surface area contributed by atoms with Gasteiger partial charge in [-0.3, -0.25) is 0 Å². The Morgan fingerprint density at radius 1 is 1.41 bits per heavy atom. The highest BCUT2D eigenvalue weighted by Crippen LogP contribution is 2.20. The van der Waals surface area contributed by atoms with Crippen LogP contribution in [0.15, 0.2) is 12.1 Å². The van der Waals surface area contributed by atoms with Gasteiger partial charge in [0.2, 0.25) is 0 Å². The molecule has 0 unspecified atom stereocenters. The number of esters is 1. The Hall–Kier alpha value is -1.95. The first-order chi connectivity index (χ1) is 7.74. The molecule has 0 saturated heterocycles. The fraction of sp³-hybridized carbons (Fsp3) is 0.357. The molecule has 0 heterocycles. The van der Waals surface area contributed by atoms with E-state index in [1.54, 1.807) is 12.1 Å². The summed E-state index contributed by atoms with van der Waals surface area (Å²) in [5.41, 5.74) is 7.57. The van der Waals surface area contributed by atoms with Crippen LogP contribution >= 0.6 is 0 Å². The second-order valence-electron chi connectivity index (χ2n) is 4.88. The fourth-order valence-corrected chi connectivity index (χ4v) is 1.34. The fourth-order valence-electron chi connectivity index (χ4n) is 1.34. The Morgan fingerprint density at radius 2 is 2.00 bits per heavy atom. The van der Waals surface area contributed by atoms with Gasteiger partial charge in [0.1, 0.15) is 5.60 Å². The van der Waals surface area contributed by atoms with Gasteiger partial charge in [-0.25, -0.2) is 4.79 Å². The average Bonchev–Trinajstić information content (AvgIpc) is 2.19. The largest absolute Gasteiger partial charge is 0.456 e. The molecule has 0 spiro atoms. The van der Waals surface area contributed by atoms with E-state index < -0.39 is 11.6 Å². The average molecular weight is 231 g/mol. The van der Waals surface area contributed by atoms with Crippen molar-refractivity contribution in [2.75, 3.05) is 5.73 Å². The van der Waals surface area contributed by atoms with E-state index >= 15 is 0 Å². The van der Waals surface area contributed by atoms with E-state index in [0.29, 0.717) is 16.8 Å². The van der Waals surface area contributed by atoms with Crippen LogP contribution in [-0.4, -0.2) is 11.6 Å². The predicted octanol–water partition coefficient (Wildman–Crippen LogP) is 2.51. The number of ether oxygens (including phenoxy) is 1. The van der Waals surface area contributed by atoms with Crippen LogP contribution in [0.2, 0.25) is 0 Å². The normalized spacial score (nSPS) is 10.8. The van der Waals surface area contributed by atoms with Gasteiger partial charge in [-0.05, 0) is 45.4 Å². The summed E-state index contributed by atoms with van der Waals surface area (Å²) in [6.45, 7) is 7.25. The van der Waals surface area contributed by atoms with E-state index in [9.17, 15) is 4.79 Å². The number of rotatable bonds is 1. The molecule has 0 saturated carbocycles. The van der Waals surface area contributed by atoms with Crippen molar-refractivity contribution in [2.24, 2.45) is 0 Å². The minimum absolute atomic E-state index is 0.385. The summed E-state index contributed by atoms with van der Waals surface area (Å²) in [5, 5.41) is 0. The Balaban J connectivity index is 3.13. The summed E-state index contributed by atoms with van der Waals surface area (Å²) in [4.78, 5) is 11.8. The Labute approximate surface area is 102 Å². The Bertz CT molecular complexity index is 490. The molecule has 90 valence electrons. The number of terminal acetylenes is 1. The minimum Gasteiger partial charge on any atom is -0.456 e. The van der Waals surface area contributed by atoms with Crippen molar-refractivity contribution in [3.8, 4) is 12.3 Å². The second-order valence-corrected chi connectivity index (χ2v) is 4.88. The van der Waals surface area contributed by atoms with Crippen molar-refractivity contribution in [1.29, 1.82) is 0 Å². The maximum absolute atomic E-state index is 11.8. The smallest absolute Gasteiger partial charge is 0.338 e. The van der Waals surface area contributed by atoms with Gasteiger partial charge in [0.05, 0.1) is 5.56 Å². The van der Waals surface area contributed by atoms with Gasteiger partial charge in [0.15, 0.2) is 0 Å². The number of benzene rings is 1. The van der Waals surface area contributed by atoms with E-state index in [4.69, 9.17) is 16.9 Å². The van der Waals surface area contributed by atoms with E-state index in [1.165, 1.54) is 0 Å². The van der Waals surface area contributed by atoms with Gasteiger partial charge in [-0.1, -0.05) is 5.92 Å². The molecule has 0 amide bonds. The summed E-state index contributed by atoms with van der Waals surface area (Å²) in [5.74, 6) is 2.09. The summed E-state index contributed by atoms with van der Waals surface area (Å²) in [6.07, 6.45) is 5.36. The SMILES string of the molecule is C#Cc1cc(C(=O)OC(C)(C)C)cc(N)c1C. The number of hydrogen-bond acceptors (Lipinski definition) is 3. The van der Waals surface area contributed by atoms with Crippen molar-refractivity contribution in [1.82, 2.24) is 0 Å². The molecule has 1 rings (SSSR count). The number of carbonyl (C=O) groups is 1. The molecule has 0 bridgehead atoms. The van der Waals surface area contributed by atoms with Crippen LogP contribution in [0.3, 0.4) is 0 Å². The van der Waals surface area contributed by atoms with Crippen molar-refractivity contribution >= 4 is 11.7 Å². The first-order valence-corrected chi connectivity index (χ1v) is 5.34. The third-order valence-corrected chi connectivity index (χ3v) is 2.24. The lowest BCUT2D eigenvalue weighted by molar-refractivity contribution is 0.00695. The first kappa shape index (κ1) is 13.1. The monoisotopic (exact) mass is 231 g/mol. The molecule has 0 aliphatic carbocycles. The topological polar surface area (TPSA) is 52.3 Å². The van der Waals surface area contributed by atoms with Crippen LogP contribution in [0.1, 0.15) is 42.3 Å².